The van der Waals surface area contributed by atoms with Crippen molar-refractivity contribution in [2.45, 2.75) is 19.4 Å². The van der Waals surface area contributed by atoms with Gasteiger partial charge in [-0.15, -0.1) is 0 Å². The van der Waals surface area contributed by atoms with Crippen molar-refractivity contribution in [3.8, 4) is 5.75 Å². The lowest BCUT2D eigenvalue weighted by atomic mass is 10.1. The van der Waals surface area contributed by atoms with Crippen molar-refractivity contribution in [3.05, 3.63) is 29.8 Å². The van der Waals surface area contributed by atoms with E-state index < -0.39 is 0 Å². The van der Waals surface area contributed by atoms with E-state index >= 15 is 0 Å². The molecule has 0 aromatic heterocycles. The number of benzene rings is 1. The fourth-order valence-electron chi connectivity index (χ4n) is 1.99. The van der Waals surface area contributed by atoms with Crippen molar-refractivity contribution in [1.29, 1.82) is 0 Å². The van der Waals surface area contributed by atoms with Gasteiger partial charge in [-0.25, -0.2) is 0 Å². The smallest absolute Gasteiger partial charge is 0.115 e. The van der Waals surface area contributed by atoms with Gasteiger partial charge in [0.2, 0.25) is 0 Å². The molecular weight excluding hydrogens is 202 g/mol. The quantitative estimate of drug-likeness (QED) is 0.746. The zero-order valence-corrected chi connectivity index (χ0v) is 9.48. The maximum atomic E-state index is 9.12. The zero-order chi connectivity index (χ0) is 11.2. The molecule has 88 valence electrons. The fraction of sp³-hybridized carbons (Fsp3) is 0.538. The molecule has 1 heterocycles. The Labute approximate surface area is 96.4 Å². The Hall–Kier alpha value is -1.06. The molecule has 0 radical (unpaired) electrons. The number of phenolic OH excluding ortho intramolecular Hbond substituents is 1. The van der Waals surface area contributed by atoms with Gasteiger partial charge in [0.15, 0.2) is 0 Å². The lowest BCUT2D eigenvalue weighted by Gasteiger charge is -2.08. The number of aromatic hydroxyl groups is 1. The van der Waals surface area contributed by atoms with E-state index in [9.17, 15) is 0 Å². The molecule has 16 heavy (non-hydrogen) atoms. The molecule has 0 amide bonds. The van der Waals surface area contributed by atoms with Crippen LogP contribution in [0.25, 0.3) is 0 Å². The van der Waals surface area contributed by atoms with Crippen LogP contribution >= 0.6 is 0 Å². The Morgan fingerprint density at radius 2 is 2.12 bits per heavy atom. The van der Waals surface area contributed by atoms with Crippen molar-refractivity contribution >= 4 is 0 Å². The van der Waals surface area contributed by atoms with Crippen LogP contribution in [0.4, 0.5) is 0 Å². The lowest BCUT2D eigenvalue weighted by molar-refractivity contribution is 0.109. The van der Waals surface area contributed by atoms with E-state index in [1.807, 2.05) is 12.1 Å². The third-order valence-electron chi connectivity index (χ3n) is 3.04. The first-order valence-corrected chi connectivity index (χ1v) is 5.91. The molecule has 3 nitrogen and oxygen atoms in total. The van der Waals surface area contributed by atoms with Gasteiger partial charge in [-0.1, -0.05) is 12.1 Å². The van der Waals surface area contributed by atoms with Crippen LogP contribution in [0.2, 0.25) is 0 Å². The second kappa shape index (κ2) is 5.87. The molecule has 1 aromatic rings. The number of ether oxygens (including phenoxy) is 1. The minimum Gasteiger partial charge on any atom is -0.508 e. The summed E-state index contributed by atoms with van der Waals surface area (Å²) >= 11 is 0. The summed E-state index contributed by atoms with van der Waals surface area (Å²) < 4.78 is 5.61. The van der Waals surface area contributed by atoms with Crippen molar-refractivity contribution in [3.63, 3.8) is 0 Å². The minimum atomic E-state index is 0.306. The molecule has 1 aliphatic rings. The first kappa shape index (κ1) is 11.4. The van der Waals surface area contributed by atoms with Crippen LogP contribution in [0.3, 0.4) is 0 Å². The molecule has 1 unspecified atom stereocenters. The average molecular weight is 221 g/mol. The molecule has 3 heteroatoms. The van der Waals surface area contributed by atoms with Crippen molar-refractivity contribution < 1.29 is 9.84 Å². The zero-order valence-electron chi connectivity index (χ0n) is 9.48. The average Bonchev–Trinajstić information content (AvgIpc) is 2.80. The molecule has 0 aliphatic carbocycles. The first-order chi connectivity index (χ1) is 7.84. The third kappa shape index (κ3) is 3.51. The molecule has 0 spiro atoms. The molecule has 0 saturated carbocycles. The van der Waals surface area contributed by atoms with Gasteiger partial charge in [0, 0.05) is 6.61 Å². The van der Waals surface area contributed by atoms with E-state index in [2.05, 4.69) is 5.32 Å². The van der Waals surface area contributed by atoms with Crippen LogP contribution in [-0.4, -0.2) is 24.8 Å². The largest absolute Gasteiger partial charge is 0.508 e. The van der Waals surface area contributed by atoms with Gasteiger partial charge in [0.1, 0.15) is 5.75 Å². The maximum Gasteiger partial charge on any atom is 0.115 e. The number of hydrogen-bond donors (Lipinski definition) is 2. The Morgan fingerprint density at radius 3 is 2.81 bits per heavy atom. The van der Waals surface area contributed by atoms with Gasteiger partial charge in [-0.2, -0.15) is 0 Å². The number of nitrogens with one attached hydrogen (secondary N) is 1. The van der Waals surface area contributed by atoms with Gasteiger partial charge in [0.05, 0.1) is 6.61 Å². The molecule has 2 N–H and O–H groups in total. The molecule has 1 aliphatic heterocycles. The summed E-state index contributed by atoms with van der Waals surface area (Å²) in [6, 6.07) is 7.18. The molecule has 2 rings (SSSR count). The van der Waals surface area contributed by atoms with Gasteiger partial charge in [0.25, 0.3) is 0 Å². The summed E-state index contributed by atoms with van der Waals surface area (Å²) in [6.45, 7) is 3.76. The highest BCUT2D eigenvalue weighted by molar-refractivity contribution is 5.25. The number of phenols is 1. The van der Waals surface area contributed by atoms with Crippen LogP contribution < -0.4 is 5.32 Å². The Kier molecular flexibility index (Phi) is 4.19. The fourth-order valence-corrected chi connectivity index (χ4v) is 1.99. The van der Waals surface area contributed by atoms with Gasteiger partial charge >= 0.3 is 0 Å². The molecule has 1 atom stereocenters. The highest BCUT2D eigenvalue weighted by Gasteiger charge is 2.13. The second-order valence-corrected chi connectivity index (χ2v) is 4.37. The predicted molar refractivity (Wildman–Crippen MR) is 63.4 cm³/mol. The molecule has 1 aromatic carbocycles. The van der Waals surface area contributed by atoms with Gasteiger partial charge < -0.3 is 15.2 Å². The Balaban J connectivity index is 1.62. The van der Waals surface area contributed by atoms with Crippen LogP contribution in [0.1, 0.15) is 18.4 Å². The van der Waals surface area contributed by atoms with Gasteiger partial charge in [-0.3, -0.25) is 0 Å². The molecule has 0 bridgehead atoms. The third-order valence-corrected chi connectivity index (χ3v) is 3.04. The minimum absolute atomic E-state index is 0.306. The molecule has 1 saturated heterocycles. The Bertz CT molecular complexity index is 304. The summed E-state index contributed by atoms with van der Waals surface area (Å²) in [4.78, 5) is 0. The summed E-state index contributed by atoms with van der Waals surface area (Å²) in [6.07, 6.45) is 2.42. The lowest BCUT2D eigenvalue weighted by Crippen LogP contribution is -2.10. The highest BCUT2D eigenvalue weighted by Crippen LogP contribution is 2.13. The summed E-state index contributed by atoms with van der Waals surface area (Å²) in [5.74, 6) is 1.10. The normalized spacial score (nSPS) is 20.1. The molecular formula is C13H19NO2. The predicted octanol–water partition coefficient (Wildman–Crippen LogP) is 1.91. The van der Waals surface area contributed by atoms with Crippen LogP contribution in [0.15, 0.2) is 24.3 Å². The van der Waals surface area contributed by atoms with E-state index in [0.29, 0.717) is 12.4 Å². The van der Waals surface area contributed by atoms with E-state index in [-0.39, 0.29) is 0 Å². The highest BCUT2D eigenvalue weighted by atomic mass is 16.5. The second-order valence-electron chi connectivity index (χ2n) is 4.37. The van der Waals surface area contributed by atoms with Crippen LogP contribution in [-0.2, 0) is 11.3 Å². The van der Waals surface area contributed by atoms with Crippen LogP contribution in [0, 0.1) is 5.92 Å². The number of hydrogen-bond acceptors (Lipinski definition) is 3. The van der Waals surface area contributed by atoms with Crippen molar-refractivity contribution in [2.75, 3.05) is 19.7 Å². The van der Waals surface area contributed by atoms with E-state index in [1.165, 1.54) is 6.42 Å². The van der Waals surface area contributed by atoms with E-state index in [0.717, 1.165) is 37.6 Å². The summed E-state index contributed by atoms with van der Waals surface area (Å²) in [5, 5.41) is 12.5. The van der Waals surface area contributed by atoms with Crippen molar-refractivity contribution in [2.24, 2.45) is 5.92 Å². The first-order valence-electron chi connectivity index (χ1n) is 5.91. The van der Waals surface area contributed by atoms with E-state index in [4.69, 9.17) is 9.84 Å². The van der Waals surface area contributed by atoms with Crippen molar-refractivity contribution in [1.82, 2.24) is 5.32 Å². The topological polar surface area (TPSA) is 41.5 Å². The van der Waals surface area contributed by atoms with E-state index in [1.54, 1.807) is 12.1 Å². The molecule has 1 fully saturated rings. The monoisotopic (exact) mass is 221 g/mol. The SMILES string of the molecule is Oc1ccc(COCCC2CCNC2)cc1. The summed E-state index contributed by atoms with van der Waals surface area (Å²) in [5.41, 5.74) is 1.11. The Morgan fingerprint density at radius 1 is 1.31 bits per heavy atom. The van der Waals surface area contributed by atoms with Gasteiger partial charge in [-0.05, 0) is 49.5 Å². The maximum absolute atomic E-state index is 9.12. The number of rotatable bonds is 5. The standard InChI is InChI=1S/C13H19NO2/c15-13-3-1-12(2-4-13)10-16-8-6-11-5-7-14-9-11/h1-4,11,14-15H,5-10H2. The van der Waals surface area contributed by atoms with Crippen LogP contribution in [0.5, 0.6) is 5.75 Å². The summed E-state index contributed by atoms with van der Waals surface area (Å²) in [7, 11) is 0.